The summed E-state index contributed by atoms with van der Waals surface area (Å²) >= 11 is 0. The molecular weight excluding hydrogens is 412 g/mol. The highest BCUT2D eigenvalue weighted by Crippen LogP contribution is 2.40. The van der Waals surface area contributed by atoms with Gasteiger partial charge in [-0.25, -0.2) is 0 Å². The van der Waals surface area contributed by atoms with Crippen LogP contribution in [-0.4, -0.2) is 68.9 Å². The zero-order valence-corrected chi connectivity index (χ0v) is 19.0. The first-order valence-electron chi connectivity index (χ1n) is 10.4. The quantitative estimate of drug-likeness (QED) is 0.358. The summed E-state index contributed by atoms with van der Waals surface area (Å²) in [7, 11) is 6.86. The Balaban J connectivity index is 2.09. The fraction of sp³-hybridized carbons (Fsp3) is 0.375. The van der Waals surface area contributed by atoms with E-state index in [2.05, 4.69) is 0 Å². The molecule has 2 N–H and O–H groups in total. The lowest BCUT2D eigenvalue weighted by molar-refractivity contribution is -0.857. The summed E-state index contributed by atoms with van der Waals surface area (Å²) in [6.07, 6.45) is 0. The average molecular weight is 442 g/mol. The van der Waals surface area contributed by atoms with Gasteiger partial charge in [0.1, 0.15) is 11.7 Å². The van der Waals surface area contributed by atoms with E-state index in [1.54, 1.807) is 37.4 Å². The summed E-state index contributed by atoms with van der Waals surface area (Å²) in [4.78, 5) is 42.1. The number of hydrogen-bond acceptors (Lipinski definition) is 6. The molecule has 2 atom stereocenters. The molecule has 1 aliphatic heterocycles. The van der Waals surface area contributed by atoms with Gasteiger partial charge in [-0.1, -0.05) is 6.07 Å². The van der Waals surface area contributed by atoms with Crippen molar-refractivity contribution >= 4 is 17.5 Å². The maximum atomic E-state index is 13.5. The molecule has 0 spiro atoms. The third-order valence-corrected chi connectivity index (χ3v) is 5.77. The highest BCUT2D eigenvalue weighted by Gasteiger charge is 2.51. The number of ether oxygens (including phenoxy) is 2. The van der Waals surface area contributed by atoms with E-state index in [1.165, 1.54) is 18.1 Å². The van der Waals surface area contributed by atoms with Crippen molar-refractivity contribution in [2.75, 3.05) is 41.4 Å². The molecule has 170 valence electrons. The molecule has 2 aromatic rings. The second-order valence-electron chi connectivity index (χ2n) is 8.22. The van der Waals surface area contributed by atoms with Crippen molar-refractivity contribution in [2.45, 2.75) is 13.0 Å². The van der Waals surface area contributed by atoms with Crippen molar-refractivity contribution in [3.63, 3.8) is 0 Å². The summed E-state index contributed by atoms with van der Waals surface area (Å²) in [5, 5.41) is 10.0. The van der Waals surface area contributed by atoms with Crippen molar-refractivity contribution in [2.24, 2.45) is 5.92 Å². The highest BCUT2D eigenvalue weighted by molar-refractivity contribution is 6.44. The number of quaternary nitrogens is 1. The smallest absolute Gasteiger partial charge is 0.291 e. The Bertz CT molecular complexity index is 1050. The van der Waals surface area contributed by atoms with Crippen LogP contribution < -0.4 is 14.4 Å². The molecule has 0 aliphatic carbocycles. The monoisotopic (exact) mass is 441 g/mol. The van der Waals surface area contributed by atoms with E-state index in [0.717, 1.165) is 10.5 Å². The first kappa shape index (κ1) is 23.3. The number of benzene rings is 2. The Kier molecular flexibility index (Phi) is 6.84. The normalized spacial score (nSPS) is 18.4. The minimum atomic E-state index is -1.19. The number of phenols is 1. The standard InChI is InChI=1S/C24H28N2O6/c1-14-12-16(7-9-18(14)31-4)22(28)20-21(15-6-8-17(27)19(13-15)32-5)26(11-10-25(2)3)24(30)23(20)29/h6-9,12-13,20-21,27H,10-11H2,1-5H3/p+1. The number of carbonyl (C=O) groups excluding carboxylic acids is 3. The van der Waals surface area contributed by atoms with E-state index in [0.29, 0.717) is 30.0 Å². The predicted octanol–water partition coefficient (Wildman–Crippen LogP) is 0.814. The van der Waals surface area contributed by atoms with Crippen molar-refractivity contribution in [3.05, 3.63) is 53.1 Å². The number of Topliss-reactive ketones (excluding diaryl/α,β-unsaturated/α-hetero) is 2. The Labute approximate surface area is 187 Å². The van der Waals surface area contributed by atoms with Crippen molar-refractivity contribution in [1.29, 1.82) is 0 Å². The summed E-state index contributed by atoms with van der Waals surface area (Å²) in [5.41, 5.74) is 1.65. The molecule has 1 fully saturated rings. The molecule has 0 saturated carbocycles. The number of methoxy groups -OCH3 is 2. The molecular formula is C24H29N2O6+. The van der Waals surface area contributed by atoms with Gasteiger partial charge >= 0.3 is 0 Å². The lowest BCUT2D eigenvalue weighted by Crippen LogP contribution is -3.06. The number of phenolic OH excluding ortho intramolecular Hbond substituents is 1. The molecule has 2 unspecified atom stereocenters. The van der Waals surface area contributed by atoms with Gasteiger partial charge in [-0.2, -0.15) is 0 Å². The Morgan fingerprint density at radius 2 is 1.75 bits per heavy atom. The number of nitrogens with one attached hydrogen (secondary N) is 1. The number of hydrogen-bond donors (Lipinski definition) is 2. The number of aromatic hydroxyl groups is 1. The zero-order valence-electron chi connectivity index (χ0n) is 19.0. The van der Waals surface area contributed by atoms with Crippen LogP contribution in [0.3, 0.4) is 0 Å². The molecule has 1 saturated heterocycles. The molecule has 8 heteroatoms. The Morgan fingerprint density at radius 3 is 2.34 bits per heavy atom. The fourth-order valence-electron chi connectivity index (χ4n) is 4.03. The van der Waals surface area contributed by atoms with Crippen LogP contribution in [0.1, 0.15) is 27.5 Å². The third-order valence-electron chi connectivity index (χ3n) is 5.77. The molecule has 1 aliphatic rings. The molecule has 3 rings (SSSR count). The number of amides is 1. The molecule has 1 amide bonds. The van der Waals surface area contributed by atoms with E-state index in [4.69, 9.17) is 9.47 Å². The second kappa shape index (κ2) is 9.40. The van der Waals surface area contributed by atoms with E-state index in [1.807, 2.05) is 21.0 Å². The average Bonchev–Trinajstić information content (AvgIpc) is 3.02. The van der Waals surface area contributed by atoms with Gasteiger partial charge < -0.3 is 24.4 Å². The maximum Gasteiger partial charge on any atom is 0.291 e. The fourth-order valence-corrected chi connectivity index (χ4v) is 4.03. The van der Waals surface area contributed by atoms with Gasteiger partial charge in [0.15, 0.2) is 17.3 Å². The van der Waals surface area contributed by atoms with Crippen LogP contribution in [0.5, 0.6) is 17.2 Å². The summed E-state index contributed by atoms with van der Waals surface area (Å²) in [6.45, 7) is 2.73. The molecule has 0 radical (unpaired) electrons. The summed E-state index contributed by atoms with van der Waals surface area (Å²) < 4.78 is 10.5. The molecule has 2 aromatic carbocycles. The van der Waals surface area contributed by atoms with Crippen LogP contribution >= 0.6 is 0 Å². The first-order chi connectivity index (χ1) is 15.2. The number of aryl methyl sites for hydroxylation is 1. The van der Waals surface area contributed by atoms with Crippen molar-refractivity contribution in [1.82, 2.24) is 4.90 Å². The molecule has 8 nitrogen and oxygen atoms in total. The van der Waals surface area contributed by atoms with E-state index in [9.17, 15) is 19.5 Å². The number of ketones is 2. The number of nitrogens with zero attached hydrogens (tertiary/aromatic N) is 1. The third kappa shape index (κ3) is 4.31. The molecule has 1 heterocycles. The van der Waals surface area contributed by atoms with E-state index >= 15 is 0 Å². The maximum absolute atomic E-state index is 13.5. The van der Waals surface area contributed by atoms with Crippen LogP contribution in [0.4, 0.5) is 0 Å². The Morgan fingerprint density at radius 1 is 1.06 bits per heavy atom. The number of rotatable bonds is 8. The van der Waals surface area contributed by atoms with Crippen LogP contribution in [0.15, 0.2) is 36.4 Å². The van der Waals surface area contributed by atoms with Gasteiger partial charge in [-0.15, -0.1) is 0 Å². The van der Waals surface area contributed by atoms with Gasteiger partial charge in [-0.3, -0.25) is 14.4 Å². The zero-order chi connectivity index (χ0) is 23.6. The minimum absolute atomic E-state index is 0.0650. The van der Waals surface area contributed by atoms with Crippen LogP contribution in [0.2, 0.25) is 0 Å². The van der Waals surface area contributed by atoms with Gasteiger partial charge in [0.25, 0.3) is 5.91 Å². The number of carbonyl (C=O) groups is 3. The minimum Gasteiger partial charge on any atom is -0.504 e. The SMILES string of the molecule is COc1ccc(C(=O)C2C(=O)C(=O)N(CC[NH+](C)C)C2c2ccc(O)c(OC)c2)cc1C. The largest absolute Gasteiger partial charge is 0.504 e. The topological polar surface area (TPSA) is 97.6 Å². The number of likely N-dealkylation sites (tertiary alicyclic amines) is 1. The van der Waals surface area contributed by atoms with Gasteiger partial charge in [0, 0.05) is 5.56 Å². The van der Waals surface area contributed by atoms with Crippen LogP contribution in [-0.2, 0) is 9.59 Å². The number of likely N-dealkylation sites (N-methyl/N-ethyl adjacent to an activating group) is 1. The van der Waals surface area contributed by atoms with Crippen molar-refractivity contribution < 1.29 is 33.9 Å². The van der Waals surface area contributed by atoms with Gasteiger partial charge in [-0.05, 0) is 48.4 Å². The molecule has 0 bridgehead atoms. The molecule has 0 aromatic heterocycles. The first-order valence-corrected chi connectivity index (χ1v) is 10.4. The predicted molar refractivity (Wildman–Crippen MR) is 117 cm³/mol. The lowest BCUT2D eigenvalue weighted by Gasteiger charge is -2.28. The van der Waals surface area contributed by atoms with E-state index < -0.39 is 29.4 Å². The second-order valence-corrected chi connectivity index (χ2v) is 8.22. The van der Waals surface area contributed by atoms with E-state index in [-0.39, 0.29) is 11.5 Å². The Hall–Kier alpha value is -3.39. The van der Waals surface area contributed by atoms with Gasteiger partial charge in [0.05, 0.1) is 47.4 Å². The van der Waals surface area contributed by atoms with Crippen LogP contribution in [0, 0.1) is 12.8 Å². The highest BCUT2D eigenvalue weighted by atomic mass is 16.5. The van der Waals surface area contributed by atoms with Crippen LogP contribution in [0.25, 0.3) is 0 Å². The summed E-state index contributed by atoms with van der Waals surface area (Å²) in [6, 6.07) is 8.78. The lowest BCUT2D eigenvalue weighted by atomic mass is 9.85. The van der Waals surface area contributed by atoms with Gasteiger partial charge in [0.2, 0.25) is 5.78 Å². The molecule has 32 heavy (non-hydrogen) atoms. The summed E-state index contributed by atoms with van der Waals surface area (Å²) in [5.74, 6) is -2.25. The van der Waals surface area contributed by atoms with Crippen molar-refractivity contribution in [3.8, 4) is 17.2 Å².